The summed E-state index contributed by atoms with van der Waals surface area (Å²) < 4.78 is 11.3. The van der Waals surface area contributed by atoms with E-state index in [1.807, 2.05) is 60.7 Å². The Labute approximate surface area is 231 Å². The number of anilines is 1. The van der Waals surface area contributed by atoms with Gasteiger partial charge >= 0.3 is 6.09 Å². The summed E-state index contributed by atoms with van der Waals surface area (Å²) in [4.78, 5) is 41.8. The first kappa shape index (κ1) is 26.1. The molecule has 0 bridgehead atoms. The minimum atomic E-state index is -0.547. The zero-order valence-corrected chi connectivity index (χ0v) is 21.9. The van der Waals surface area contributed by atoms with Crippen molar-refractivity contribution in [2.75, 3.05) is 18.0 Å². The van der Waals surface area contributed by atoms with Gasteiger partial charge in [0.1, 0.15) is 23.7 Å². The molecule has 1 unspecified atom stereocenters. The molecule has 2 aliphatic rings. The first-order valence-corrected chi connectivity index (χ1v) is 13.1. The number of rotatable bonds is 6. The molecule has 39 heavy (non-hydrogen) atoms. The van der Waals surface area contributed by atoms with Crippen LogP contribution in [0, 0.1) is 5.92 Å². The third-order valence-corrected chi connectivity index (χ3v) is 6.78. The molecular weight excluding hydrogens is 514 g/mol. The monoisotopic (exact) mass is 541 g/mol. The maximum atomic E-state index is 13.4. The van der Waals surface area contributed by atoms with Gasteiger partial charge in [-0.25, -0.2) is 4.79 Å². The minimum absolute atomic E-state index is 0.00212. The SMILES string of the molecule is O=C1NC(=S)N(c2ccc(Oc3ccccc3)cc2)C(=O)/C1=C/C1CCCN(C(=O)OCc2ccccc2)C1. The molecule has 8 nitrogen and oxygen atoms in total. The summed E-state index contributed by atoms with van der Waals surface area (Å²) in [6.07, 6.45) is 2.70. The summed E-state index contributed by atoms with van der Waals surface area (Å²) in [6.45, 7) is 1.10. The van der Waals surface area contributed by atoms with Crippen molar-refractivity contribution >= 4 is 40.9 Å². The van der Waals surface area contributed by atoms with Crippen LogP contribution in [-0.4, -0.2) is 41.0 Å². The molecule has 2 saturated heterocycles. The zero-order chi connectivity index (χ0) is 27.2. The molecule has 198 valence electrons. The third kappa shape index (κ3) is 6.32. The number of nitrogens with zero attached hydrogens (tertiary/aromatic N) is 2. The molecule has 5 rings (SSSR count). The van der Waals surface area contributed by atoms with Gasteiger partial charge in [-0.2, -0.15) is 0 Å². The van der Waals surface area contributed by atoms with Crippen LogP contribution in [-0.2, 0) is 20.9 Å². The Balaban J connectivity index is 1.26. The Kier molecular flexibility index (Phi) is 7.98. The van der Waals surface area contributed by atoms with Gasteiger partial charge in [-0.05, 0) is 72.9 Å². The fraction of sp³-hybridized carbons (Fsp3) is 0.200. The first-order valence-electron chi connectivity index (χ1n) is 12.7. The van der Waals surface area contributed by atoms with Gasteiger partial charge in [0.15, 0.2) is 5.11 Å². The van der Waals surface area contributed by atoms with Crippen molar-refractivity contribution < 1.29 is 23.9 Å². The predicted molar refractivity (Wildman–Crippen MR) is 150 cm³/mol. The summed E-state index contributed by atoms with van der Waals surface area (Å²) >= 11 is 5.33. The lowest BCUT2D eigenvalue weighted by Gasteiger charge is -2.32. The number of nitrogens with one attached hydrogen (secondary N) is 1. The highest BCUT2D eigenvalue weighted by atomic mass is 32.1. The van der Waals surface area contributed by atoms with Gasteiger partial charge in [-0.15, -0.1) is 0 Å². The van der Waals surface area contributed by atoms with E-state index in [1.165, 1.54) is 4.90 Å². The molecule has 0 aromatic heterocycles. The summed E-state index contributed by atoms with van der Waals surface area (Å²) in [5.41, 5.74) is 1.41. The second-order valence-electron chi connectivity index (χ2n) is 9.28. The van der Waals surface area contributed by atoms with Crippen LogP contribution < -0.4 is 15.0 Å². The molecule has 2 aliphatic heterocycles. The van der Waals surface area contributed by atoms with E-state index in [-0.39, 0.29) is 23.2 Å². The number of hydrogen-bond acceptors (Lipinski definition) is 6. The molecule has 0 aliphatic carbocycles. The second kappa shape index (κ2) is 11.9. The molecule has 3 amide bonds. The van der Waals surface area contributed by atoms with E-state index in [4.69, 9.17) is 21.7 Å². The molecule has 0 spiro atoms. The molecular formula is C30H27N3O5S. The fourth-order valence-electron chi connectivity index (χ4n) is 4.56. The maximum absolute atomic E-state index is 13.4. The normalized spacial score (nSPS) is 18.6. The molecule has 3 aromatic rings. The number of ether oxygens (including phenoxy) is 2. The van der Waals surface area contributed by atoms with Gasteiger partial charge in [-0.3, -0.25) is 19.8 Å². The van der Waals surface area contributed by atoms with Crippen LogP contribution in [0.1, 0.15) is 18.4 Å². The topological polar surface area (TPSA) is 88.2 Å². The average Bonchev–Trinajstić information content (AvgIpc) is 2.96. The van der Waals surface area contributed by atoms with Crippen molar-refractivity contribution in [2.45, 2.75) is 19.4 Å². The quantitative estimate of drug-likeness (QED) is 0.262. The number of amides is 3. The number of hydrogen-bond donors (Lipinski definition) is 1. The molecule has 1 N–H and O–H groups in total. The van der Waals surface area contributed by atoms with Crippen LogP contribution in [0.3, 0.4) is 0 Å². The number of carbonyl (C=O) groups is 3. The van der Waals surface area contributed by atoms with E-state index in [1.54, 1.807) is 35.2 Å². The van der Waals surface area contributed by atoms with E-state index in [9.17, 15) is 14.4 Å². The van der Waals surface area contributed by atoms with Gasteiger partial charge in [0.05, 0.1) is 5.69 Å². The van der Waals surface area contributed by atoms with E-state index in [0.717, 1.165) is 18.4 Å². The average molecular weight is 542 g/mol. The number of likely N-dealkylation sites (tertiary alicyclic amines) is 1. The Bertz CT molecular complexity index is 1390. The highest BCUT2D eigenvalue weighted by Gasteiger charge is 2.36. The number of benzene rings is 3. The van der Waals surface area contributed by atoms with Crippen LogP contribution >= 0.6 is 12.2 Å². The van der Waals surface area contributed by atoms with Gasteiger partial charge in [-0.1, -0.05) is 54.6 Å². The van der Waals surface area contributed by atoms with Crippen molar-refractivity contribution in [3.8, 4) is 11.5 Å². The minimum Gasteiger partial charge on any atom is -0.457 e. The van der Waals surface area contributed by atoms with E-state index >= 15 is 0 Å². The maximum Gasteiger partial charge on any atom is 0.410 e. The highest BCUT2D eigenvalue weighted by Crippen LogP contribution is 2.28. The second-order valence-corrected chi connectivity index (χ2v) is 9.66. The Morgan fingerprint density at radius 1 is 0.949 bits per heavy atom. The lowest BCUT2D eigenvalue weighted by molar-refractivity contribution is -0.122. The molecule has 2 fully saturated rings. The first-order chi connectivity index (χ1) is 19.0. The Hall–Kier alpha value is -4.50. The molecule has 0 saturated carbocycles. The van der Waals surface area contributed by atoms with Crippen molar-refractivity contribution in [1.82, 2.24) is 10.2 Å². The largest absolute Gasteiger partial charge is 0.457 e. The third-order valence-electron chi connectivity index (χ3n) is 6.50. The summed E-state index contributed by atoms with van der Waals surface area (Å²) in [6, 6.07) is 25.7. The molecule has 3 aromatic carbocycles. The van der Waals surface area contributed by atoms with E-state index in [2.05, 4.69) is 5.32 Å². The number of para-hydroxylation sites is 1. The highest BCUT2D eigenvalue weighted by molar-refractivity contribution is 7.80. The van der Waals surface area contributed by atoms with Gasteiger partial charge in [0, 0.05) is 13.1 Å². The van der Waals surface area contributed by atoms with Gasteiger partial charge in [0.25, 0.3) is 11.8 Å². The summed E-state index contributed by atoms with van der Waals surface area (Å²) in [5.74, 6) is 0.0561. The van der Waals surface area contributed by atoms with E-state index < -0.39 is 17.9 Å². The van der Waals surface area contributed by atoms with Crippen LogP contribution in [0.2, 0.25) is 0 Å². The van der Waals surface area contributed by atoms with E-state index in [0.29, 0.717) is 30.3 Å². The number of carbonyl (C=O) groups excluding carboxylic acids is 3. The molecule has 9 heteroatoms. The molecule has 1 atom stereocenters. The number of thiocarbonyl (C=S) groups is 1. The lowest BCUT2D eigenvalue weighted by atomic mass is 9.94. The van der Waals surface area contributed by atoms with Crippen LogP contribution in [0.15, 0.2) is 96.6 Å². The molecule has 0 radical (unpaired) electrons. The fourth-order valence-corrected chi connectivity index (χ4v) is 4.84. The van der Waals surface area contributed by atoms with Crippen LogP contribution in [0.4, 0.5) is 10.5 Å². The Morgan fingerprint density at radius 3 is 2.33 bits per heavy atom. The van der Waals surface area contributed by atoms with Crippen molar-refractivity contribution in [3.63, 3.8) is 0 Å². The van der Waals surface area contributed by atoms with Crippen LogP contribution in [0.25, 0.3) is 0 Å². The van der Waals surface area contributed by atoms with Gasteiger partial charge < -0.3 is 14.4 Å². The molecule has 2 heterocycles. The van der Waals surface area contributed by atoms with Gasteiger partial charge in [0.2, 0.25) is 0 Å². The van der Waals surface area contributed by atoms with Crippen molar-refractivity contribution in [1.29, 1.82) is 0 Å². The Morgan fingerprint density at radius 2 is 1.62 bits per heavy atom. The number of piperidine rings is 1. The van der Waals surface area contributed by atoms with Crippen molar-refractivity contribution in [3.05, 3.63) is 102 Å². The predicted octanol–water partition coefficient (Wildman–Crippen LogP) is 5.20. The zero-order valence-electron chi connectivity index (χ0n) is 21.1. The van der Waals surface area contributed by atoms with Crippen LogP contribution in [0.5, 0.6) is 11.5 Å². The summed E-state index contributed by atoms with van der Waals surface area (Å²) in [7, 11) is 0. The van der Waals surface area contributed by atoms with Crippen molar-refractivity contribution in [2.24, 2.45) is 5.92 Å². The smallest absolute Gasteiger partial charge is 0.410 e. The lowest BCUT2D eigenvalue weighted by Crippen LogP contribution is -2.54. The summed E-state index contributed by atoms with van der Waals surface area (Å²) in [5, 5.41) is 2.63. The standard InChI is InChI=1S/C30H27N3O5S/c34-27-26(18-22-10-7-17-32(19-22)30(36)37-20-21-8-3-1-4-9-21)28(35)33(29(39)31-27)23-13-15-25(16-14-23)38-24-11-5-2-6-12-24/h1-6,8-9,11-16,18,22H,7,10,17,19-20H2,(H,31,34,39)/b26-18+.